The molecule has 1 aliphatic rings. The van der Waals surface area contributed by atoms with Gasteiger partial charge in [0.25, 0.3) is 0 Å². The van der Waals surface area contributed by atoms with Crippen LogP contribution in [0.2, 0.25) is 0 Å². The molecule has 0 spiro atoms. The van der Waals surface area contributed by atoms with E-state index in [1.807, 2.05) is 6.92 Å². The van der Waals surface area contributed by atoms with Crippen LogP contribution in [0.5, 0.6) is 0 Å². The minimum atomic E-state index is -0.774. The first-order chi connectivity index (χ1) is 7.16. The minimum Gasteiger partial charge on any atom is -0.481 e. The fraction of sp³-hybridized carbons (Fsp3) is 0.778. The molecule has 15 heavy (non-hydrogen) atoms. The first kappa shape index (κ1) is 10.1. The summed E-state index contributed by atoms with van der Waals surface area (Å²) in [6, 6.07) is 0. The Morgan fingerprint density at radius 2 is 2.40 bits per heavy atom. The van der Waals surface area contributed by atoms with Crippen LogP contribution in [0.15, 0.2) is 0 Å². The van der Waals surface area contributed by atoms with E-state index in [-0.39, 0.29) is 12.3 Å². The van der Waals surface area contributed by atoms with Crippen LogP contribution >= 0.6 is 0 Å². The zero-order valence-corrected chi connectivity index (χ0v) is 8.63. The molecule has 0 bridgehead atoms. The van der Waals surface area contributed by atoms with Crippen LogP contribution in [-0.4, -0.2) is 31.3 Å². The van der Waals surface area contributed by atoms with Crippen molar-refractivity contribution in [3.8, 4) is 0 Å². The Labute approximate surface area is 87.3 Å². The highest BCUT2D eigenvalue weighted by molar-refractivity contribution is 5.66. The van der Waals surface area contributed by atoms with Gasteiger partial charge >= 0.3 is 5.97 Å². The second-order valence-electron chi connectivity index (χ2n) is 4.20. The van der Waals surface area contributed by atoms with Gasteiger partial charge in [-0.1, -0.05) is 6.92 Å². The highest BCUT2D eigenvalue weighted by Gasteiger charge is 2.29. The summed E-state index contributed by atoms with van der Waals surface area (Å²) in [5.41, 5.74) is 0. The summed E-state index contributed by atoms with van der Waals surface area (Å²) in [7, 11) is 0. The van der Waals surface area contributed by atoms with E-state index in [1.165, 1.54) is 0 Å². The number of tetrazole rings is 1. The average molecular weight is 210 g/mol. The molecular weight excluding hydrogens is 196 g/mol. The number of carboxylic acids is 1. The van der Waals surface area contributed by atoms with Gasteiger partial charge in [0.15, 0.2) is 5.82 Å². The summed E-state index contributed by atoms with van der Waals surface area (Å²) in [6.07, 6.45) is 2.45. The topological polar surface area (TPSA) is 80.9 Å². The molecule has 0 aliphatic heterocycles. The SMILES string of the molecule is CC(CC(=O)O)Cn1nnnc1C1CC1. The van der Waals surface area contributed by atoms with E-state index in [9.17, 15) is 4.79 Å². The molecule has 0 aromatic carbocycles. The lowest BCUT2D eigenvalue weighted by molar-refractivity contribution is -0.138. The van der Waals surface area contributed by atoms with Gasteiger partial charge in [0.1, 0.15) is 0 Å². The molecule has 6 heteroatoms. The monoisotopic (exact) mass is 210 g/mol. The zero-order chi connectivity index (χ0) is 10.8. The van der Waals surface area contributed by atoms with Gasteiger partial charge in [-0.25, -0.2) is 4.68 Å². The van der Waals surface area contributed by atoms with E-state index in [0.717, 1.165) is 18.7 Å². The first-order valence-electron chi connectivity index (χ1n) is 5.14. The highest BCUT2D eigenvalue weighted by Crippen LogP contribution is 2.38. The number of rotatable bonds is 5. The molecule has 1 atom stereocenters. The van der Waals surface area contributed by atoms with E-state index in [0.29, 0.717) is 12.5 Å². The molecule has 82 valence electrons. The number of carboxylic acid groups (broad SMARTS) is 1. The molecular formula is C9H14N4O2. The lowest BCUT2D eigenvalue weighted by atomic mass is 10.1. The van der Waals surface area contributed by atoms with Crippen molar-refractivity contribution < 1.29 is 9.90 Å². The fourth-order valence-corrected chi connectivity index (χ4v) is 1.63. The summed E-state index contributed by atoms with van der Waals surface area (Å²) < 4.78 is 1.74. The van der Waals surface area contributed by atoms with Gasteiger partial charge in [-0.3, -0.25) is 4.79 Å². The van der Waals surface area contributed by atoms with Crippen LogP contribution in [0.3, 0.4) is 0 Å². The Balaban J connectivity index is 1.97. The largest absolute Gasteiger partial charge is 0.481 e. The van der Waals surface area contributed by atoms with E-state index < -0.39 is 5.97 Å². The van der Waals surface area contributed by atoms with Gasteiger partial charge in [-0.05, 0) is 29.2 Å². The summed E-state index contributed by atoms with van der Waals surface area (Å²) in [4.78, 5) is 10.5. The second kappa shape index (κ2) is 3.96. The zero-order valence-electron chi connectivity index (χ0n) is 8.63. The summed E-state index contributed by atoms with van der Waals surface area (Å²) in [6.45, 7) is 2.48. The number of nitrogens with zero attached hydrogens (tertiary/aromatic N) is 4. The van der Waals surface area contributed by atoms with Crippen LogP contribution < -0.4 is 0 Å². The van der Waals surface area contributed by atoms with Crippen molar-refractivity contribution in [2.75, 3.05) is 0 Å². The Morgan fingerprint density at radius 1 is 1.67 bits per heavy atom. The maximum atomic E-state index is 10.5. The molecule has 0 amide bonds. The molecule has 1 aromatic rings. The van der Waals surface area contributed by atoms with Gasteiger partial charge in [-0.15, -0.1) is 5.10 Å². The molecule has 6 nitrogen and oxygen atoms in total. The van der Waals surface area contributed by atoms with Crippen molar-refractivity contribution in [3.63, 3.8) is 0 Å². The summed E-state index contributed by atoms with van der Waals surface area (Å²) >= 11 is 0. The van der Waals surface area contributed by atoms with Crippen molar-refractivity contribution in [1.29, 1.82) is 0 Å². The van der Waals surface area contributed by atoms with E-state index in [2.05, 4.69) is 15.5 Å². The molecule has 1 aromatic heterocycles. The molecule has 1 heterocycles. The van der Waals surface area contributed by atoms with Gasteiger partial charge < -0.3 is 5.11 Å². The molecule has 1 saturated carbocycles. The third-order valence-electron chi connectivity index (χ3n) is 2.51. The average Bonchev–Trinajstić information content (AvgIpc) is 2.87. The molecule has 0 saturated heterocycles. The fourth-order valence-electron chi connectivity index (χ4n) is 1.63. The molecule has 1 fully saturated rings. The number of aliphatic carboxylic acids is 1. The molecule has 1 aliphatic carbocycles. The highest BCUT2D eigenvalue weighted by atomic mass is 16.4. The quantitative estimate of drug-likeness (QED) is 0.772. The lowest BCUT2D eigenvalue weighted by Gasteiger charge is -2.09. The Morgan fingerprint density at radius 3 is 3.00 bits per heavy atom. The Hall–Kier alpha value is -1.46. The van der Waals surface area contributed by atoms with Crippen molar-refractivity contribution in [1.82, 2.24) is 20.2 Å². The van der Waals surface area contributed by atoms with Gasteiger partial charge in [0.2, 0.25) is 0 Å². The summed E-state index contributed by atoms with van der Waals surface area (Å²) in [5, 5.41) is 20.1. The van der Waals surface area contributed by atoms with Crippen molar-refractivity contribution in [3.05, 3.63) is 5.82 Å². The third-order valence-corrected chi connectivity index (χ3v) is 2.51. The van der Waals surface area contributed by atoms with Crippen LogP contribution in [0.4, 0.5) is 0 Å². The second-order valence-corrected chi connectivity index (χ2v) is 4.20. The third kappa shape index (κ3) is 2.51. The van der Waals surface area contributed by atoms with Crippen LogP contribution in [0.25, 0.3) is 0 Å². The molecule has 1 unspecified atom stereocenters. The lowest BCUT2D eigenvalue weighted by Crippen LogP contribution is -2.15. The Bertz CT molecular complexity index is 359. The predicted molar refractivity (Wildman–Crippen MR) is 51.2 cm³/mol. The van der Waals surface area contributed by atoms with E-state index in [1.54, 1.807) is 4.68 Å². The number of carbonyl (C=O) groups is 1. The van der Waals surface area contributed by atoms with E-state index in [4.69, 9.17) is 5.11 Å². The maximum Gasteiger partial charge on any atom is 0.303 e. The van der Waals surface area contributed by atoms with Crippen LogP contribution in [0, 0.1) is 5.92 Å². The predicted octanol–water partition coefficient (Wildman–Crippen LogP) is 0.661. The van der Waals surface area contributed by atoms with Crippen molar-refractivity contribution >= 4 is 5.97 Å². The first-order valence-corrected chi connectivity index (χ1v) is 5.14. The smallest absolute Gasteiger partial charge is 0.303 e. The van der Waals surface area contributed by atoms with Crippen molar-refractivity contribution in [2.24, 2.45) is 5.92 Å². The summed E-state index contributed by atoms with van der Waals surface area (Å²) in [5.74, 6) is 0.691. The Kier molecular flexibility index (Phi) is 2.66. The number of aromatic nitrogens is 4. The molecule has 1 N–H and O–H groups in total. The maximum absolute atomic E-state index is 10.5. The normalized spacial score (nSPS) is 17.7. The number of hydrogen-bond donors (Lipinski definition) is 1. The molecule has 2 rings (SSSR count). The molecule has 0 radical (unpaired) electrons. The van der Waals surface area contributed by atoms with Crippen molar-refractivity contribution in [2.45, 2.75) is 38.6 Å². The standard InChI is InChI=1S/C9H14N4O2/c1-6(4-8(14)15)5-13-9(7-2-3-7)10-11-12-13/h6-7H,2-5H2,1H3,(H,14,15). The minimum absolute atomic E-state index is 0.0588. The van der Waals surface area contributed by atoms with Crippen LogP contribution in [0.1, 0.15) is 37.9 Å². The number of hydrogen-bond acceptors (Lipinski definition) is 4. The van der Waals surface area contributed by atoms with Crippen LogP contribution in [-0.2, 0) is 11.3 Å². The van der Waals surface area contributed by atoms with Gasteiger partial charge in [0.05, 0.1) is 0 Å². The van der Waals surface area contributed by atoms with E-state index >= 15 is 0 Å². The van der Waals surface area contributed by atoms with Gasteiger partial charge in [0, 0.05) is 18.9 Å². The van der Waals surface area contributed by atoms with Gasteiger partial charge in [-0.2, -0.15) is 0 Å².